The first-order chi connectivity index (χ1) is 23.4. The van der Waals surface area contributed by atoms with Gasteiger partial charge in [-0.05, 0) is 41.7 Å². The molecule has 1 aliphatic heterocycles. The van der Waals surface area contributed by atoms with Crippen LogP contribution in [-0.2, 0) is 39.3 Å². The third kappa shape index (κ3) is 10.4. The number of nitrogens with two attached hydrogens (primary N) is 1. The lowest BCUT2D eigenvalue weighted by molar-refractivity contribution is -0.245. The van der Waals surface area contributed by atoms with Crippen LogP contribution in [0.1, 0.15) is 79.6 Å². The van der Waals surface area contributed by atoms with Gasteiger partial charge in [-0.1, -0.05) is 85.3 Å². The number of unbranched alkanes of at least 4 members (excludes halogenated alkanes) is 3. The zero-order valence-corrected chi connectivity index (χ0v) is 28.0. The van der Waals surface area contributed by atoms with E-state index in [4.69, 9.17) is 15.2 Å². The summed E-state index contributed by atoms with van der Waals surface area (Å²) in [4.78, 5) is 24.6. The lowest BCUT2D eigenvalue weighted by Gasteiger charge is -2.36. The summed E-state index contributed by atoms with van der Waals surface area (Å²) in [6.07, 6.45) is 5.72. The Morgan fingerprint density at radius 3 is 2.29 bits per heavy atom. The van der Waals surface area contributed by atoms with Crippen LogP contribution in [0.5, 0.6) is 0 Å². The van der Waals surface area contributed by atoms with E-state index in [-0.39, 0.29) is 30.6 Å². The first-order valence-electron chi connectivity index (χ1n) is 16.3. The number of rotatable bonds is 16. The number of nitrogen functional groups attached to an aromatic ring is 1. The second-order valence-electron chi connectivity index (χ2n) is 12.0. The minimum atomic E-state index is -0.558. The van der Waals surface area contributed by atoms with Gasteiger partial charge in [0.25, 0.3) is 0 Å². The summed E-state index contributed by atoms with van der Waals surface area (Å²) in [6.45, 7) is 0.431. The highest BCUT2D eigenvalue weighted by Gasteiger charge is 2.32. The van der Waals surface area contributed by atoms with Gasteiger partial charge in [-0.2, -0.15) is 0 Å². The number of aliphatic hydroxyl groups is 1. The van der Waals surface area contributed by atoms with Crippen LogP contribution in [0.25, 0.3) is 0 Å². The number of thioether (sulfide) groups is 1. The van der Waals surface area contributed by atoms with Gasteiger partial charge >= 0.3 is 0 Å². The molecular weight excluding hydrogens is 629 g/mol. The van der Waals surface area contributed by atoms with E-state index in [9.17, 15) is 14.7 Å². The quantitative estimate of drug-likeness (QED) is 0.0655. The van der Waals surface area contributed by atoms with Gasteiger partial charge < -0.3 is 35.5 Å². The zero-order valence-electron chi connectivity index (χ0n) is 27.2. The van der Waals surface area contributed by atoms with Crippen LogP contribution in [0.15, 0.2) is 84.3 Å². The minimum absolute atomic E-state index is 0.00466. The van der Waals surface area contributed by atoms with Crippen LogP contribution in [0.4, 0.5) is 11.4 Å². The second-order valence-corrected chi connectivity index (χ2v) is 12.9. The fourth-order valence-corrected chi connectivity index (χ4v) is 6.33. The molecule has 0 spiro atoms. The summed E-state index contributed by atoms with van der Waals surface area (Å²) in [6, 6.07) is 23.0. The van der Waals surface area contributed by atoms with Crippen molar-refractivity contribution in [2.45, 2.75) is 81.8 Å². The number of carbonyl (C=O) groups is 2. The molecule has 1 saturated heterocycles. The van der Waals surface area contributed by atoms with Crippen LogP contribution in [0, 0.1) is 0 Å². The average Bonchev–Trinajstić information content (AvgIpc) is 3.53. The maximum atomic E-state index is 12.5. The number of nitrogens with zero attached hydrogens (tertiary/aromatic N) is 3. The molecule has 3 atom stereocenters. The zero-order chi connectivity index (χ0) is 33.7. The van der Waals surface area contributed by atoms with E-state index < -0.39 is 6.29 Å². The molecular formula is C36H44N6O5S. The highest BCUT2D eigenvalue weighted by molar-refractivity contribution is 7.99. The summed E-state index contributed by atoms with van der Waals surface area (Å²) in [7, 11) is 1.92. The Labute approximate surface area is 285 Å². The van der Waals surface area contributed by atoms with Crippen LogP contribution in [0.2, 0.25) is 0 Å². The number of hydrogen-bond donors (Lipinski definition) is 4. The molecule has 1 aliphatic rings. The number of aliphatic hydroxyl groups excluding tert-OH is 1. The van der Waals surface area contributed by atoms with Gasteiger partial charge in [-0.3, -0.25) is 9.59 Å². The topological polar surface area (TPSA) is 154 Å². The summed E-state index contributed by atoms with van der Waals surface area (Å²) >= 11 is 1.60. The molecule has 1 fully saturated rings. The van der Waals surface area contributed by atoms with E-state index in [0.717, 1.165) is 53.1 Å². The average molecular weight is 673 g/mol. The molecule has 5 rings (SSSR count). The van der Waals surface area contributed by atoms with Gasteiger partial charge in [0.15, 0.2) is 11.4 Å². The van der Waals surface area contributed by atoms with Crippen LogP contribution < -0.4 is 16.4 Å². The molecule has 2 amide bonds. The van der Waals surface area contributed by atoms with Gasteiger partial charge in [0.1, 0.15) is 6.33 Å². The summed E-state index contributed by atoms with van der Waals surface area (Å²) in [5.41, 5.74) is 10.8. The Morgan fingerprint density at radius 2 is 1.60 bits per heavy atom. The van der Waals surface area contributed by atoms with Crippen molar-refractivity contribution in [3.05, 3.63) is 101 Å². The van der Waals surface area contributed by atoms with E-state index in [1.54, 1.807) is 30.2 Å². The van der Waals surface area contributed by atoms with Crippen LogP contribution in [0.3, 0.4) is 0 Å². The normalized spacial score (nSPS) is 17.6. The summed E-state index contributed by atoms with van der Waals surface area (Å²) in [5.74, 6) is 0.651. The van der Waals surface area contributed by atoms with Crippen LogP contribution >= 0.6 is 11.8 Å². The Bertz CT molecular complexity index is 1610. The molecule has 12 heteroatoms. The van der Waals surface area contributed by atoms with Crippen molar-refractivity contribution in [2.24, 2.45) is 7.05 Å². The summed E-state index contributed by atoms with van der Waals surface area (Å²) < 4.78 is 14.8. The van der Waals surface area contributed by atoms with E-state index in [2.05, 4.69) is 20.8 Å². The first kappa shape index (κ1) is 35.1. The van der Waals surface area contributed by atoms with Gasteiger partial charge in [0.2, 0.25) is 11.8 Å². The highest BCUT2D eigenvalue weighted by Crippen LogP contribution is 2.39. The Morgan fingerprint density at radius 1 is 0.917 bits per heavy atom. The van der Waals surface area contributed by atoms with E-state index in [1.165, 1.54) is 0 Å². The highest BCUT2D eigenvalue weighted by atomic mass is 32.2. The van der Waals surface area contributed by atoms with Crippen molar-refractivity contribution in [3.63, 3.8) is 0 Å². The third-order valence-electron chi connectivity index (χ3n) is 8.22. The molecule has 0 saturated carbocycles. The molecule has 5 N–H and O–H groups in total. The van der Waals surface area contributed by atoms with Crippen molar-refractivity contribution >= 4 is 35.0 Å². The first-order valence-corrected chi connectivity index (χ1v) is 17.3. The van der Waals surface area contributed by atoms with Crippen molar-refractivity contribution in [1.29, 1.82) is 0 Å². The Hall–Kier alpha value is -4.23. The van der Waals surface area contributed by atoms with Gasteiger partial charge in [0, 0.05) is 44.2 Å². The maximum absolute atomic E-state index is 12.5. The second kappa shape index (κ2) is 17.8. The number of carbonyl (C=O) groups excluding carboxylic acids is 2. The van der Waals surface area contributed by atoms with Gasteiger partial charge in [-0.25, -0.2) is 0 Å². The minimum Gasteiger partial charge on any atom is -0.397 e. The maximum Gasteiger partial charge on any atom is 0.224 e. The lowest BCUT2D eigenvalue weighted by Crippen LogP contribution is -2.31. The van der Waals surface area contributed by atoms with E-state index in [1.807, 2.05) is 72.3 Å². The SMILES string of the molecule is Cn1cnnc1SCC1CC(c2ccc(CO)cc2)OC(c2ccc(CNC(=O)CCCCCCC(=O)Nc3ccccc3N)cc2)O1. The van der Waals surface area contributed by atoms with Gasteiger partial charge in [0.05, 0.1) is 30.2 Å². The number of aryl methyl sites for hydroxylation is 1. The van der Waals surface area contributed by atoms with E-state index in [0.29, 0.717) is 42.9 Å². The largest absolute Gasteiger partial charge is 0.397 e. The fourth-order valence-electron chi connectivity index (χ4n) is 5.42. The number of anilines is 2. The molecule has 2 heterocycles. The van der Waals surface area contributed by atoms with Gasteiger partial charge in [-0.15, -0.1) is 10.2 Å². The molecule has 3 aromatic carbocycles. The molecule has 0 bridgehead atoms. The Balaban J connectivity index is 1.05. The Kier molecular flexibility index (Phi) is 13.0. The number of hydrogen-bond acceptors (Lipinski definition) is 9. The third-order valence-corrected chi connectivity index (χ3v) is 9.38. The predicted octanol–water partition coefficient (Wildman–Crippen LogP) is 5.82. The van der Waals surface area contributed by atoms with E-state index >= 15 is 0 Å². The molecule has 254 valence electrons. The number of benzene rings is 3. The van der Waals surface area contributed by atoms with Crippen molar-refractivity contribution in [3.8, 4) is 0 Å². The van der Waals surface area contributed by atoms with Crippen molar-refractivity contribution in [1.82, 2.24) is 20.1 Å². The number of amides is 2. The smallest absolute Gasteiger partial charge is 0.224 e. The number of nitrogens with one attached hydrogen (secondary N) is 2. The molecule has 0 aliphatic carbocycles. The number of para-hydroxylation sites is 2. The number of ether oxygens (including phenoxy) is 2. The summed E-state index contributed by atoms with van der Waals surface area (Å²) in [5, 5.41) is 24.3. The molecule has 4 aromatic rings. The monoisotopic (exact) mass is 672 g/mol. The number of aromatic nitrogens is 3. The van der Waals surface area contributed by atoms with Crippen molar-refractivity contribution in [2.75, 3.05) is 16.8 Å². The van der Waals surface area contributed by atoms with Crippen LogP contribution in [-0.4, -0.2) is 43.5 Å². The molecule has 3 unspecified atom stereocenters. The molecule has 1 aromatic heterocycles. The molecule has 11 nitrogen and oxygen atoms in total. The molecule has 48 heavy (non-hydrogen) atoms. The predicted molar refractivity (Wildman–Crippen MR) is 186 cm³/mol. The fraction of sp³-hybridized carbons (Fsp3) is 0.389. The molecule has 0 radical (unpaired) electrons. The van der Waals surface area contributed by atoms with Crippen molar-refractivity contribution < 1.29 is 24.2 Å². The standard InChI is InChI=1S/C36H44N6O5S/c1-42-24-39-41-36(42)48-23-29-20-32(27-16-14-26(22-43)15-17-27)47-35(46-29)28-18-12-25(13-19-28)21-38-33(44)10-4-2-3-5-11-34(45)40-31-9-7-6-8-30(31)37/h6-9,12-19,24,29,32,35,43H,2-5,10-11,20-23,37H2,1H3,(H,38,44)(H,40,45). The lowest BCUT2D eigenvalue weighted by atomic mass is 10.0.